The fourth-order valence-electron chi connectivity index (χ4n) is 3.10. The van der Waals surface area contributed by atoms with Crippen molar-refractivity contribution in [3.8, 4) is 5.75 Å². The second kappa shape index (κ2) is 8.16. The van der Waals surface area contributed by atoms with Crippen LogP contribution >= 0.6 is 23.6 Å². The molecule has 0 bridgehead atoms. The fourth-order valence-corrected chi connectivity index (χ4v) is 4.11. The lowest BCUT2D eigenvalue weighted by Gasteiger charge is -2.18. The summed E-state index contributed by atoms with van der Waals surface area (Å²) in [7, 11) is 1.66. The highest BCUT2D eigenvalue weighted by Crippen LogP contribution is 2.28. The van der Waals surface area contributed by atoms with Gasteiger partial charge in [0.05, 0.1) is 18.8 Å². The number of pyridine rings is 1. The van der Waals surface area contributed by atoms with Gasteiger partial charge in [0.25, 0.3) is 0 Å². The smallest absolute Gasteiger partial charge is 0.209 e. The third-order valence-electron chi connectivity index (χ3n) is 4.64. The normalized spacial score (nSPS) is 14.7. The van der Waals surface area contributed by atoms with E-state index in [4.69, 9.17) is 22.1 Å². The van der Waals surface area contributed by atoms with Gasteiger partial charge in [0.1, 0.15) is 12.3 Å². The van der Waals surface area contributed by atoms with E-state index in [1.807, 2.05) is 41.3 Å². The van der Waals surface area contributed by atoms with E-state index in [-0.39, 0.29) is 0 Å². The largest absolute Gasteiger partial charge is 0.495 e. The van der Waals surface area contributed by atoms with Gasteiger partial charge in [-0.15, -0.1) is 5.10 Å². The van der Waals surface area contributed by atoms with Crippen LogP contribution in [-0.2, 0) is 13.2 Å². The number of para-hydroxylation sites is 2. The van der Waals surface area contributed by atoms with Crippen molar-refractivity contribution in [3.63, 3.8) is 0 Å². The van der Waals surface area contributed by atoms with Crippen molar-refractivity contribution in [1.29, 1.82) is 0 Å². The van der Waals surface area contributed by atoms with Crippen LogP contribution in [0.3, 0.4) is 0 Å². The summed E-state index contributed by atoms with van der Waals surface area (Å²) >= 11 is 7.05. The molecule has 8 heteroatoms. The SMILES string of the molecule is COc1ccccc1Nc1nn(C[NH+](Cc2ccncc2)C2CC2)c(=S)s1. The Bertz CT molecular complexity index is 952. The number of rotatable bonds is 8. The molecule has 27 heavy (non-hydrogen) atoms. The zero-order valence-electron chi connectivity index (χ0n) is 15.1. The van der Waals surface area contributed by atoms with E-state index in [2.05, 4.69) is 22.4 Å². The molecular formula is C19H22N5OS2+. The number of hydrogen-bond acceptors (Lipinski definition) is 6. The van der Waals surface area contributed by atoms with E-state index < -0.39 is 0 Å². The van der Waals surface area contributed by atoms with Gasteiger partial charge in [-0.3, -0.25) is 4.98 Å². The van der Waals surface area contributed by atoms with Crippen molar-refractivity contribution in [1.82, 2.24) is 14.8 Å². The number of benzene rings is 1. The first kappa shape index (κ1) is 18.1. The average Bonchev–Trinajstić information content (AvgIpc) is 3.48. The maximum Gasteiger partial charge on any atom is 0.209 e. The first-order valence-corrected chi connectivity index (χ1v) is 10.2. The van der Waals surface area contributed by atoms with Crippen molar-refractivity contribution in [2.45, 2.75) is 32.1 Å². The van der Waals surface area contributed by atoms with Crippen LogP contribution in [0.4, 0.5) is 10.8 Å². The van der Waals surface area contributed by atoms with Gasteiger partial charge in [0.2, 0.25) is 5.13 Å². The first-order valence-electron chi connectivity index (χ1n) is 8.94. The molecule has 2 aromatic heterocycles. The summed E-state index contributed by atoms with van der Waals surface area (Å²) in [4.78, 5) is 5.60. The van der Waals surface area contributed by atoms with Crippen LogP contribution in [0, 0.1) is 3.95 Å². The Labute approximate surface area is 167 Å². The molecule has 0 amide bonds. The minimum atomic E-state index is 0.687. The maximum absolute atomic E-state index is 5.56. The number of hydrogen-bond donors (Lipinski definition) is 2. The monoisotopic (exact) mass is 400 g/mol. The highest BCUT2D eigenvalue weighted by molar-refractivity contribution is 7.73. The topological polar surface area (TPSA) is 56.4 Å². The second-order valence-electron chi connectivity index (χ2n) is 6.62. The van der Waals surface area contributed by atoms with Crippen LogP contribution < -0.4 is 15.0 Å². The molecular weight excluding hydrogens is 378 g/mol. The van der Waals surface area contributed by atoms with Crippen LogP contribution in [0.5, 0.6) is 5.75 Å². The molecule has 6 nitrogen and oxygen atoms in total. The van der Waals surface area contributed by atoms with Crippen molar-refractivity contribution < 1.29 is 9.64 Å². The fraction of sp³-hybridized carbons (Fsp3) is 0.316. The summed E-state index contributed by atoms with van der Waals surface area (Å²) in [6, 6.07) is 12.7. The Morgan fingerprint density at radius 3 is 2.78 bits per heavy atom. The summed E-state index contributed by atoms with van der Waals surface area (Å²) in [5, 5.41) is 8.81. The van der Waals surface area contributed by atoms with Crippen molar-refractivity contribution in [3.05, 3.63) is 58.3 Å². The number of nitrogens with zero attached hydrogens (tertiary/aromatic N) is 3. The molecule has 1 aromatic carbocycles. The molecule has 1 atom stereocenters. The maximum atomic E-state index is 5.56. The molecule has 1 saturated carbocycles. The zero-order chi connectivity index (χ0) is 18.6. The Hall–Kier alpha value is -2.29. The minimum absolute atomic E-state index is 0.687. The number of ether oxygens (including phenoxy) is 1. The van der Waals surface area contributed by atoms with E-state index in [9.17, 15) is 0 Å². The lowest BCUT2D eigenvalue weighted by Crippen LogP contribution is -3.11. The summed E-state index contributed by atoms with van der Waals surface area (Å²) in [5.74, 6) is 0.785. The Morgan fingerprint density at radius 2 is 2.04 bits per heavy atom. The predicted molar refractivity (Wildman–Crippen MR) is 109 cm³/mol. The van der Waals surface area contributed by atoms with E-state index in [0.29, 0.717) is 6.04 Å². The molecule has 1 fully saturated rings. The lowest BCUT2D eigenvalue weighted by atomic mass is 10.2. The zero-order valence-corrected chi connectivity index (χ0v) is 16.7. The van der Waals surface area contributed by atoms with E-state index in [1.54, 1.807) is 7.11 Å². The molecule has 3 aromatic rings. The van der Waals surface area contributed by atoms with E-state index in [0.717, 1.165) is 33.7 Å². The molecule has 2 heterocycles. The number of aromatic nitrogens is 3. The molecule has 0 spiro atoms. The van der Waals surface area contributed by atoms with Gasteiger partial charge in [-0.25, -0.2) is 0 Å². The van der Waals surface area contributed by atoms with Gasteiger partial charge in [0, 0.05) is 30.8 Å². The first-order chi connectivity index (χ1) is 13.2. The van der Waals surface area contributed by atoms with E-state index in [1.165, 1.54) is 34.6 Å². The Morgan fingerprint density at radius 1 is 1.26 bits per heavy atom. The third kappa shape index (κ3) is 4.52. The molecule has 1 aliphatic carbocycles. The number of quaternary nitrogens is 1. The highest BCUT2D eigenvalue weighted by Gasteiger charge is 2.33. The number of anilines is 2. The molecule has 2 N–H and O–H groups in total. The molecule has 1 unspecified atom stereocenters. The van der Waals surface area contributed by atoms with Crippen LogP contribution in [0.25, 0.3) is 0 Å². The minimum Gasteiger partial charge on any atom is -0.495 e. The molecule has 0 saturated heterocycles. The number of methoxy groups -OCH3 is 1. The highest BCUT2D eigenvalue weighted by atomic mass is 32.1. The third-order valence-corrected chi connectivity index (χ3v) is 5.87. The van der Waals surface area contributed by atoms with Gasteiger partial charge in [0.15, 0.2) is 10.6 Å². The molecule has 0 radical (unpaired) electrons. The lowest BCUT2D eigenvalue weighted by molar-refractivity contribution is -0.947. The van der Waals surface area contributed by atoms with Crippen LogP contribution in [0.1, 0.15) is 18.4 Å². The average molecular weight is 401 g/mol. The second-order valence-corrected chi connectivity index (χ2v) is 8.24. The van der Waals surface area contributed by atoms with Gasteiger partial charge in [-0.05, 0) is 36.5 Å². The van der Waals surface area contributed by atoms with Crippen LogP contribution in [-0.4, -0.2) is 27.9 Å². The summed E-state index contributed by atoms with van der Waals surface area (Å²) in [6.45, 7) is 1.73. The molecule has 0 aliphatic heterocycles. The van der Waals surface area contributed by atoms with Gasteiger partial charge >= 0.3 is 0 Å². The van der Waals surface area contributed by atoms with Gasteiger partial charge in [-0.2, -0.15) is 4.68 Å². The van der Waals surface area contributed by atoms with Gasteiger partial charge < -0.3 is 15.0 Å². The summed E-state index contributed by atoms with van der Waals surface area (Å²) in [5.41, 5.74) is 2.18. The van der Waals surface area contributed by atoms with Crippen molar-refractivity contribution in [2.75, 3.05) is 12.4 Å². The van der Waals surface area contributed by atoms with E-state index >= 15 is 0 Å². The summed E-state index contributed by atoms with van der Waals surface area (Å²) < 4.78 is 8.11. The molecule has 4 rings (SSSR count). The predicted octanol–water partition coefficient (Wildman–Crippen LogP) is 3.03. The van der Waals surface area contributed by atoms with Crippen molar-refractivity contribution in [2.24, 2.45) is 0 Å². The quantitative estimate of drug-likeness (QED) is 0.569. The standard InChI is InChI=1S/C19H21N5OS2/c1-25-17-5-3-2-4-16(17)21-18-22-24(19(26)27-18)13-23(15-6-7-15)12-14-8-10-20-11-9-14/h2-5,8-11,15H,6-7,12-13H2,1H3,(H,21,22)/p+1. The number of nitrogens with one attached hydrogen (secondary N) is 2. The Kier molecular flexibility index (Phi) is 5.47. The van der Waals surface area contributed by atoms with Crippen LogP contribution in [0.2, 0.25) is 0 Å². The molecule has 140 valence electrons. The van der Waals surface area contributed by atoms with Crippen LogP contribution in [0.15, 0.2) is 48.8 Å². The van der Waals surface area contributed by atoms with Gasteiger partial charge in [-0.1, -0.05) is 23.5 Å². The summed E-state index contributed by atoms with van der Waals surface area (Å²) in [6.07, 6.45) is 6.24. The Balaban J connectivity index is 1.49. The van der Waals surface area contributed by atoms with Crippen molar-refractivity contribution >= 4 is 34.4 Å². The molecule has 1 aliphatic rings.